The van der Waals surface area contributed by atoms with Crippen LogP contribution in [0.15, 0.2) is 6.20 Å². The van der Waals surface area contributed by atoms with Gasteiger partial charge in [0, 0.05) is 18.7 Å². The largest absolute Gasteiger partial charge is 0.332 e. The summed E-state index contributed by atoms with van der Waals surface area (Å²) < 4.78 is 2.43. The van der Waals surface area contributed by atoms with Gasteiger partial charge in [-0.05, 0) is 31.6 Å². The fourth-order valence-electron chi connectivity index (χ4n) is 2.49. The fourth-order valence-corrected chi connectivity index (χ4v) is 2.49. The van der Waals surface area contributed by atoms with E-state index in [0.717, 1.165) is 18.4 Å². The van der Waals surface area contributed by atoms with Crippen molar-refractivity contribution >= 4 is 0 Å². The van der Waals surface area contributed by atoms with Crippen LogP contribution in [0.4, 0.5) is 0 Å². The van der Waals surface area contributed by atoms with E-state index >= 15 is 0 Å². The zero-order valence-electron chi connectivity index (χ0n) is 12.3. The van der Waals surface area contributed by atoms with Gasteiger partial charge in [0.2, 0.25) is 0 Å². The Balaban J connectivity index is 0.000000686. The van der Waals surface area contributed by atoms with Gasteiger partial charge in [-0.15, -0.1) is 0 Å². The van der Waals surface area contributed by atoms with E-state index in [-0.39, 0.29) is 0 Å². The Morgan fingerprint density at radius 1 is 1.35 bits per heavy atom. The first kappa shape index (κ1) is 14.3. The van der Waals surface area contributed by atoms with Gasteiger partial charge in [-0.2, -0.15) is 0 Å². The van der Waals surface area contributed by atoms with Crippen LogP contribution in [0.1, 0.15) is 65.0 Å². The molecule has 0 N–H and O–H groups in total. The zero-order valence-corrected chi connectivity index (χ0v) is 12.3. The summed E-state index contributed by atoms with van der Waals surface area (Å²) in [6.07, 6.45) is 6.01. The lowest BCUT2D eigenvalue weighted by Crippen LogP contribution is -2.26. The molecule has 1 heterocycles. The summed E-state index contributed by atoms with van der Waals surface area (Å²) >= 11 is 0. The quantitative estimate of drug-likeness (QED) is 0.761. The summed E-state index contributed by atoms with van der Waals surface area (Å²) in [5.74, 6) is 2.90. The van der Waals surface area contributed by atoms with Crippen molar-refractivity contribution in [1.29, 1.82) is 0 Å². The van der Waals surface area contributed by atoms with Gasteiger partial charge in [-0.3, -0.25) is 0 Å². The molecule has 17 heavy (non-hydrogen) atoms. The van der Waals surface area contributed by atoms with Crippen LogP contribution in [0.2, 0.25) is 0 Å². The molecule has 2 heteroatoms. The van der Waals surface area contributed by atoms with Crippen molar-refractivity contribution in [2.75, 3.05) is 0 Å². The molecule has 0 atom stereocenters. The first-order chi connectivity index (χ1) is 8.06. The molecule has 1 aliphatic carbocycles. The number of hydrogen-bond acceptors (Lipinski definition) is 1. The summed E-state index contributed by atoms with van der Waals surface area (Å²) in [6.45, 7) is 13.0. The predicted molar refractivity (Wildman–Crippen MR) is 74.3 cm³/mol. The van der Waals surface area contributed by atoms with Crippen LogP contribution in [0.3, 0.4) is 0 Å². The average molecular weight is 236 g/mol. The Labute approximate surface area is 106 Å². The van der Waals surface area contributed by atoms with Crippen LogP contribution in [0.25, 0.3) is 0 Å². The van der Waals surface area contributed by atoms with Crippen LogP contribution in [0, 0.1) is 18.8 Å². The molecule has 0 spiro atoms. The summed E-state index contributed by atoms with van der Waals surface area (Å²) in [4.78, 5) is 4.64. The Hall–Kier alpha value is -0.790. The number of nitrogens with zero attached hydrogens (tertiary/aromatic N) is 2. The molecule has 0 aromatic carbocycles. The lowest BCUT2D eigenvalue weighted by Gasteiger charge is -2.34. The Kier molecular flexibility index (Phi) is 5.23. The third-order valence-corrected chi connectivity index (χ3v) is 3.26. The third kappa shape index (κ3) is 3.58. The molecule has 0 amide bonds. The minimum Gasteiger partial charge on any atom is -0.332 e. The van der Waals surface area contributed by atoms with E-state index < -0.39 is 0 Å². The Morgan fingerprint density at radius 2 is 1.94 bits per heavy atom. The van der Waals surface area contributed by atoms with Gasteiger partial charge >= 0.3 is 0 Å². The van der Waals surface area contributed by atoms with Crippen LogP contribution in [-0.2, 0) is 6.42 Å². The van der Waals surface area contributed by atoms with Gasteiger partial charge in [-0.1, -0.05) is 34.6 Å². The molecule has 0 radical (unpaired) electrons. The minimum atomic E-state index is 0.697. The predicted octanol–water partition coefficient (Wildman–Crippen LogP) is 4.39. The number of aryl methyl sites for hydroxylation is 1. The average Bonchev–Trinajstić information content (AvgIpc) is 2.56. The second-order valence-corrected chi connectivity index (χ2v) is 5.53. The monoisotopic (exact) mass is 236 g/mol. The van der Waals surface area contributed by atoms with Crippen LogP contribution >= 0.6 is 0 Å². The van der Waals surface area contributed by atoms with Crippen molar-refractivity contribution in [1.82, 2.24) is 9.55 Å². The smallest absolute Gasteiger partial charge is 0.109 e. The first-order valence-corrected chi connectivity index (χ1v) is 7.10. The van der Waals surface area contributed by atoms with Gasteiger partial charge in [0.05, 0.1) is 5.69 Å². The highest BCUT2D eigenvalue weighted by molar-refractivity contribution is 5.06. The van der Waals surface area contributed by atoms with Crippen molar-refractivity contribution < 1.29 is 0 Å². The molecule has 2 rings (SSSR count). The van der Waals surface area contributed by atoms with Crippen LogP contribution in [0.5, 0.6) is 0 Å². The second-order valence-electron chi connectivity index (χ2n) is 5.53. The van der Waals surface area contributed by atoms with Crippen LogP contribution < -0.4 is 0 Å². The zero-order chi connectivity index (χ0) is 13.0. The van der Waals surface area contributed by atoms with Crippen molar-refractivity contribution in [2.45, 2.75) is 66.8 Å². The SMILES string of the molecule is CC.Cc1cn(C2CC(C)C2)c(CC(C)C)n1. The van der Waals surface area contributed by atoms with E-state index in [1.54, 1.807) is 0 Å². The number of rotatable bonds is 3. The van der Waals surface area contributed by atoms with Crippen molar-refractivity contribution in [3.8, 4) is 0 Å². The topological polar surface area (TPSA) is 17.8 Å². The van der Waals surface area contributed by atoms with Gasteiger partial charge in [0.1, 0.15) is 5.82 Å². The van der Waals surface area contributed by atoms with E-state index in [2.05, 4.69) is 43.4 Å². The summed E-state index contributed by atoms with van der Waals surface area (Å²) in [5, 5.41) is 0. The van der Waals surface area contributed by atoms with Gasteiger partial charge in [0.15, 0.2) is 0 Å². The molecule has 2 nitrogen and oxygen atoms in total. The van der Waals surface area contributed by atoms with Crippen LogP contribution in [-0.4, -0.2) is 9.55 Å². The molecule has 0 saturated heterocycles. The highest BCUT2D eigenvalue weighted by Crippen LogP contribution is 2.38. The normalized spacial score (nSPS) is 23.0. The molecule has 1 fully saturated rings. The first-order valence-electron chi connectivity index (χ1n) is 7.10. The molecule has 1 aromatic heterocycles. The van der Waals surface area contributed by atoms with Crippen molar-refractivity contribution in [3.05, 3.63) is 17.7 Å². The lowest BCUT2D eigenvalue weighted by atomic mass is 9.81. The van der Waals surface area contributed by atoms with E-state index in [9.17, 15) is 0 Å². The lowest BCUT2D eigenvalue weighted by molar-refractivity contribution is 0.210. The molecular weight excluding hydrogens is 208 g/mol. The highest BCUT2D eigenvalue weighted by Gasteiger charge is 2.28. The summed E-state index contributed by atoms with van der Waals surface area (Å²) in [6, 6.07) is 0.731. The van der Waals surface area contributed by atoms with Gasteiger partial charge in [0.25, 0.3) is 0 Å². The summed E-state index contributed by atoms with van der Waals surface area (Å²) in [5.41, 5.74) is 1.17. The van der Waals surface area contributed by atoms with Gasteiger partial charge in [-0.25, -0.2) is 4.98 Å². The van der Waals surface area contributed by atoms with Gasteiger partial charge < -0.3 is 4.57 Å². The standard InChI is InChI=1S/C13H22N2.C2H6/c1-9(2)5-13-14-11(4)8-15(13)12-6-10(3)7-12;1-2/h8-10,12H,5-7H2,1-4H3;1-2H3. The maximum absolute atomic E-state index is 4.64. The van der Waals surface area contributed by atoms with E-state index in [0.29, 0.717) is 5.92 Å². The molecule has 0 bridgehead atoms. The number of hydrogen-bond donors (Lipinski definition) is 0. The van der Waals surface area contributed by atoms with E-state index in [1.807, 2.05) is 13.8 Å². The number of imidazole rings is 1. The second kappa shape index (κ2) is 6.23. The van der Waals surface area contributed by atoms with E-state index in [1.165, 1.54) is 24.4 Å². The Morgan fingerprint density at radius 3 is 2.41 bits per heavy atom. The highest BCUT2D eigenvalue weighted by atomic mass is 15.1. The molecule has 1 aliphatic rings. The molecule has 0 aliphatic heterocycles. The maximum atomic E-state index is 4.64. The Bertz CT molecular complexity index is 333. The number of aromatic nitrogens is 2. The van der Waals surface area contributed by atoms with Crippen molar-refractivity contribution in [3.63, 3.8) is 0 Å². The summed E-state index contributed by atoms with van der Waals surface area (Å²) in [7, 11) is 0. The molecule has 1 aromatic rings. The minimum absolute atomic E-state index is 0.697. The molecule has 98 valence electrons. The van der Waals surface area contributed by atoms with Crippen molar-refractivity contribution in [2.24, 2.45) is 11.8 Å². The third-order valence-electron chi connectivity index (χ3n) is 3.26. The fraction of sp³-hybridized carbons (Fsp3) is 0.800. The molecule has 1 saturated carbocycles. The van der Waals surface area contributed by atoms with E-state index in [4.69, 9.17) is 0 Å². The molecule has 0 unspecified atom stereocenters. The molecular formula is C15H28N2. The maximum Gasteiger partial charge on any atom is 0.109 e.